The molecule has 7 heteroatoms. The number of hydrogen-bond donors (Lipinski definition) is 1. The van der Waals surface area contributed by atoms with E-state index in [2.05, 4.69) is 20.9 Å². The van der Waals surface area contributed by atoms with Crippen LogP contribution in [0.15, 0.2) is 22.7 Å². The van der Waals surface area contributed by atoms with Crippen LogP contribution in [0.5, 0.6) is 5.75 Å². The van der Waals surface area contributed by atoms with Gasteiger partial charge in [0.15, 0.2) is 11.5 Å². The number of halogens is 2. The predicted molar refractivity (Wildman–Crippen MR) is 108 cm³/mol. The van der Waals surface area contributed by atoms with Crippen molar-refractivity contribution in [3.63, 3.8) is 0 Å². The molecule has 1 aromatic heterocycles. The summed E-state index contributed by atoms with van der Waals surface area (Å²) in [5, 5.41) is 10.9. The summed E-state index contributed by atoms with van der Waals surface area (Å²) in [7, 11) is 0. The van der Waals surface area contributed by atoms with Crippen molar-refractivity contribution in [2.24, 2.45) is 0 Å². The zero-order chi connectivity index (χ0) is 20.1. The molecule has 144 valence electrons. The molecule has 5 nitrogen and oxygen atoms in total. The average molecular weight is 455 g/mol. The van der Waals surface area contributed by atoms with Crippen LogP contribution in [0.25, 0.3) is 0 Å². The molecule has 2 aromatic rings. The second-order valence-corrected chi connectivity index (χ2v) is 7.51. The first-order valence-electron chi connectivity index (χ1n) is 8.55. The molecule has 0 saturated carbocycles. The topological polar surface area (TPSA) is 76.5 Å². The lowest BCUT2D eigenvalue weighted by atomic mass is 9.98. The fourth-order valence-corrected chi connectivity index (χ4v) is 3.59. The van der Waals surface area contributed by atoms with E-state index < -0.39 is 11.8 Å². The lowest BCUT2D eigenvalue weighted by Crippen LogP contribution is -2.10. The highest BCUT2D eigenvalue weighted by Crippen LogP contribution is 2.30. The Morgan fingerprint density at radius 1 is 1.19 bits per heavy atom. The first-order valence-corrected chi connectivity index (χ1v) is 9.72. The molecule has 0 unspecified atom stereocenters. The maximum atomic E-state index is 12.4. The molecular formula is C20H21BrClNO4. The van der Waals surface area contributed by atoms with Crippen molar-refractivity contribution in [2.75, 3.05) is 6.61 Å². The summed E-state index contributed by atoms with van der Waals surface area (Å²) in [5.74, 6) is -1.09. The van der Waals surface area contributed by atoms with Gasteiger partial charge in [-0.05, 0) is 71.6 Å². The molecule has 1 N–H and O–H groups in total. The molecule has 0 aliphatic carbocycles. The van der Waals surface area contributed by atoms with E-state index in [4.69, 9.17) is 16.3 Å². The molecule has 0 atom stereocenters. The van der Waals surface area contributed by atoms with Crippen LogP contribution in [-0.2, 0) is 16.0 Å². The van der Waals surface area contributed by atoms with Crippen LogP contribution in [-0.4, -0.2) is 28.4 Å². The van der Waals surface area contributed by atoms with Gasteiger partial charge in [0, 0.05) is 23.6 Å². The van der Waals surface area contributed by atoms with Gasteiger partial charge in [0.25, 0.3) is 0 Å². The molecule has 27 heavy (non-hydrogen) atoms. The maximum absolute atomic E-state index is 12.4. The predicted octanol–water partition coefficient (Wildman–Crippen LogP) is 4.94. The van der Waals surface area contributed by atoms with Gasteiger partial charge in [0.2, 0.25) is 0 Å². The first-order chi connectivity index (χ1) is 12.7. The third-order valence-electron chi connectivity index (χ3n) is 4.14. The number of ether oxygens (including phenoxy) is 1. The molecule has 0 amide bonds. The number of nitrogens with zero attached hydrogens (tertiary/aromatic N) is 1. The number of carbonyl (C=O) groups is 2. The molecular weight excluding hydrogens is 434 g/mol. The van der Waals surface area contributed by atoms with E-state index in [1.54, 1.807) is 13.0 Å². The number of Topliss-reactive ketones (excluding diaryl/α,β-unsaturated/α-hetero) is 1. The van der Waals surface area contributed by atoms with E-state index >= 15 is 0 Å². The SMILES string of the molecule is CCOC(=O)CCC(=O)c1nc(Cc2c(C)cc(Cl)cc2C)cc(Br)c1O. The van der Waals surface area contributed by atoms with E-state index in [-0.39, 0.29) is 30.9 Å². The smallest absolute Gasteiger partial charge is 0.306 e. The second kappa shape index (κ2) is 9.33. The minimum Gasteiger partial charge on any atom is -0.504 e. The third kappa shape index (κ3) is 5.53. The number of aryl methyl sites for hydroxylation is 2. The van der Waals surface area contributed by atoms with E-state index in [0.29, 0.717) is 21.6 Å². The summed E-state index contributed by atoms with van der Waals surface area (Å²) in [4.78, 5) is 28.2. The normalized spacial score (nSPS) is 10.7. The number of aromatic hydroxyl groups is 1. The van der Waals surface area contributed by atoms with Gasteiger partial charge in [0.1, 0.15) is 5.69 Å². The second-order valence-electron chi connectivity index (χ2n) is 6.22. The Hall–Kier alpha value is -1.92. The van der Waals surface area contributed by atoms with Crippen LogP contribution < -0.4 is 0 Å². The lowest BCUT2D eigenvalue weighted by molar-refractivity contribution is -0.143. The first kappa shape index (κ1) is 21.4. The van der Waals surface area contributed by atoms with Crippen molar-refractivity contribution in [3.05, 3.63) is 55.8 Å². The number of ketones is 1. The highest BCUT2D eigenvalue weighted by Gasteiger charge is 2.19. The van der Waals surface area contributed by atoms with Gasteiger partial charge in [-0.3, -0.25) is 9.59 Å². The van der Waals surface area contributed by atoms with Crippen LogP contribution in [0.1, 0.15) is 52.6 Å². The van der Waals surface area contributed by atoms with Crippen molar-refractivity contribution in [1.82, 2.24) is 4.98 Å². The van der Waals surface area contributed by atoms with E-state index in [1.807, 2.05) is 26.0 Å². The third-order valence-corrected chi connectivity index (χ3v) is 4.97. The van der Waals surface area contributed by atoms with Gasteiger partial charge < -0.3 is 9.84 Å². The minimum absolute atomic E-state index is 0.0482. The fourth-order valence-electron chi connectivity index (χ4n) is 2.81. The molecule has 2 rings (SSSR count). The number of carbonyl (C=O) groups excluding carboxylic acids is 2. The highest BCUT2D eigenvalue weighted by molar-refractivity contribution is 9.10. The molecule has 0 bridgehead atoms. The van der Waals surface area contributed by atoms with Crippen LogP contribution in [0, 0.1) is 13.8 Å². The van der Waals surface area contributed by atoms with Gasteiger partial charge in [-0.1, -0.05) is 11.6 Å². The quantitative estimate of drug-likeness (QED) is 0.474. The molecule has 0 spiro atoms. The zero-order valence-corrected chi connectivity index (χ0v) is 17.8. The summed E-state index contributed by atoms with van der Waals surface area (Å²) in [6, 6.07) is 5.44. The van der Waals surface area contributed by atoms with Crippen molar-refractivity contribution in [3.8, 4) is 5.75 Å². The van der Waals surface area contributed by atoms with Crippen molar-refractivity contribution in [1.29, 1.82) is 0 Å². The Bertz CT molecular complexity index is 860. The summed E-state index contributed by atoms with van der Waals surface area (Å²) in [6.07, 6.45) is 0.366. The zero-order valence-electron chi connectivity index (χ0n) is 15.4. The van der Waals surface area contributed by atoms with Gasteiger partial charge >= 0.3 is 5.97 Å². The number of aromatic nitrogens is 1. The minimum atomic E-state index is -0.451. The summed E-state index contributed by atoms with van der Waals surface area (Å²) in [5.41, 5.74) is 3.71. The number of benzene rings is 1. The average Bonchev–Trinajstić information content (AvgIpc) is 2.59. The van der Waals surface area contributed by atoms with Crippen molar-refractivity contribution >= 4 is 39.3 Å². The van der Waals surface area contributed by atoms with E-state index in [1.165, 1.54) is 0 Å². The Kier molecular flexibility index (Phi) is 7.39. The standard InChI is InChI=1S/C20H21BrClNO4/c1-4-27-18(25)6-5-17(24)19-20(26)16(21)10-14(23-19)9-15-11(2)7-13(22)8-12(15)3/h7-8,10,26H,4-6,9H2,1-3H3. The van der Waals surface area contributed by atoms with Crippen LogP contribution >= 0.6 is 27.5 Å². The van der Waals surface area contributed by atoms with Crippen molar-refractivity contribution < 1.29 is 19.4 Å². The largest absolute Gasteiger partial charge is 0.504 e. The Balaban J connectivity index is 2.28. The van der Waals surface area contributed by atoms with E-state index in [0.717, 1.165) is 16.7 Å². The summed E-state index contributed by atoms with van der Waals surface area (Å²) < 4.78 is 5.21. The number of pyridine rings is 1. The number of hydrogen-bond acceptors (Lipinski definition) is 5. The van der Waals surface area contributed by atoms with Crippen LogP contribution in [0.3, 0.4) is 0 Å². The van der Waals surface area contributed by atoms with E-state index in [9.17, 15) is 14.7 Å². The molecule has 1 heterocycles. The van der Waals surface area contributed by atoms with Gasteiger partial charge in [0.05, 0.1) is 17.5 Å². The lowest BCUT2D eigenvalue weighted by Gasteiger charge is -2.12. The van der Waals surface area contributed by atoms with Crippen LogP contribution in [0.4, 0.5) is 0 Å². The highest BCUT2D eigenvalue weighted by atomic mass is 79.9. The van der Waals surface area contributed by atoms with Gasteiger partial charge in [-0.2, -0.15) is 0 Å². The maximum Gasteiger partial charge on any atom is 0.306 e. The molecule has 0 saturated heterocycles. The Labute approximate surface area is 171 Å². The fraction of sp³-hybridized carbons (Fsp3) is 0.350. The molecule has 0 aliphatic rings. The van der Waals surface area contributed by atoms with Crippen molar-refractivity contribution in [2.45, 2.75) is 40.0 Å². The number of esters is 1. The molecule has 1 aromatic carbocycles. The van der Waals surface area contributed by atoms with Crippen LogP contribution in [0.2, 0.25) is 5.02 Å². The molecule has 0 fully saturated rings. The van der Waals surface area contributed by atoms with Gasteiger partial charge in [-0.15, -0.1) is 0 Å². The van der Waals surface area contributed by atoms with Gasteiger partial charge in [-0.25, -0.2) is 4.98 Å². The molecule has 0 aliphatic heterocycles. The summed E-state index contributed by atoms with van der Waals surface area (Å²) in [6.45, 7) is 5.90. The monoisotopic (exact) mass is 453 g/mol. The Morgan fingerprint density at radius 3 is 2.41 bits per heavy atom. The summed E-state index contributed by atoms with van der Waals surface area (Å²) >= 11 is 9.36. The Morgan fingerprint density at radius 2 is 1.81 bits per heavy atom. The number of rotatable bonds is 7. The molecule has 0 radical (unpaired) electrons.